The number of rotatable bonds is 5. The van der Waals surface area contributed by atoms with E-state index in [-0.39, 0.29) is 17.9 Å². The Morgan fingerprint density at radius 1 is 1.24 bits per heavy atom. The maximum Gasteiger partial charge on any atom is 0.228 e. The van der Waals surface area contributed by atoms with Gasteiger partial charge in [0.1, 0.15) is 0 Å². The molecule has 3 heteroatoms. The normalized spacial score (nSPS) is 34.6. The van der Waals surface area contributed by atoms with E-state index in [9.17, 15) is 4.79 Å². The van der Waals surface area contributed by atoms with Crippen molar-refractivity contribution in [2.45, 2.75) is 25.3 Å². The summed E-state index contributed by atoms with van der Waals surface area (Å²) in [5.74, 6) is 1.32. The molecule has 2 aliphatic carbocycles. The van der Waals surface area contributed by atoms with E-state index in [1.54, 1.807) is 12.2 Å². The average Bonchev–Trinajstić information content (AvgIpc) is 2.88. The standard InChI is InChI=1S/C14H22N2O/c1-3-7-16(8-4-2)14(17)12-10-5-6-11(9-10)13(12)15/h3-4,10-13H,1-2,5-9,15H2. The highest BCUT2D eigenvalue weighted by Crippen LogP contribution is 2.48. The Balaban J connectivity index is 2.07. The number of hydrogen-bond acceptors (Lipinski definition) is 2. The van der Waals surface area contributed by atoms with Crippen molar-refractivity contribution in [1.82, 2.24) is 4.90 Å². The van der Waals surface area contributed by atoms with Crippen LogP contribution in [0.5, 0.6) is 0 Å². The molecule has 0 aromatic heterocycles. The van der Waals surface area contributed by atoms with Gasteiger partial charge in [0, 0.05) is 19.1 Å². The van der Waals surface area contributed by atoms with Crippen LogP contribution in [0, 0.1) is 17.8 Å². The third kappa shape index (κ3) is 2.16. The Bertz CT molecular complexity index is 314. The number of carbonyl (C=O) groups excluding carboxylic acids is 1. The van der Waals surface area contributed by atoms with Crippen LogP contribution < -0.4 is 5.73 Å². The fourth-order valence-electron chi connectivity index (χ4n) is 3.48. The van der Waals surface area contributed by atoms with Gasteiger partial charge in [0.25, 0.3) is 0 Å². The molecule has 1 amide bonds. The summed E-state index contributed by atoms with van der Waals surface area (Å²) in [6.07, 6.45) is 7.05. The van der Waals surface area contributed by atoms with Crippen LogP contribution in [0.15, 0.2) is 25.3 Å². The van der Waals surface area contributed by atoms with E-state index in [0.717, 1.165) is 6.42 Å². The van der Waals surface area contributed by atoms with Gasteiger partial charge in [-0.15, -0.1) is 13.2 Å². The number of hydrogen-bond donors (Lipinski definition) is 1. The monoisotopic (exact) mass is 234 g/mol. The van der Waals surface area contributed by atoms with Crippen LogP contribution in [0.3, 0.4) is 0 Å². The summed E-state index contributed by atoms with van der Waals surface area (Å²) in [5.41, 5.74) is 6.20. The van der Waals surface area contributed by atoms with Gasteiger partial charge in [-0.2, -0.15) is 0 Å². The van der Waals surface area contributed by atoms with Crippen LogP contribution in [0.25, 0.3) is 0 Å². The van der Waals surface area contributed by atoms with Crippen LogP contribution in [0.2, 0.25) is 0 Å². The largest absolute Gasteiger partial charge is 0.335 e. The molecule has 2 bridgehead atoms. The van der Waals surface area contributed by atoms with Crippen LogP contribution in [-0.4, -0.2) is 29.9 Å². The van der Waals surface area contributed by atoms with Gasteiger partial charge in [-0.25, -0.2) is 0 Å². The number of fused-ring (bicyclic) bond motifs is 2. The fraction of sp³-hybridized carbons (Fsp3) is 0.643. The molecule has 2 saturated carbocycles. The zero-order chi connectivity index (χ0) is 12.4. The van der Waals surface area contributed by atoms with Gasteiger partial charge < -0.3 is 10.6 Å². The van der Waals surface area contributed by atoms with Crippen molar-refractivity contribution < 1.29 is 4.79 Å². The first kappa shape index (κ1) is 12.4. The van der Waals surface area contributed by atoms with E-state index >= 15 is 0 Å². The Morgan fingerprint density at radius 2 is 1.82 bits per heavy atom. The van der Waals surface area contributed by atoms with Crippen molar-refractivity contribution in [3.05, 3.63) is 25.3 Å². The SMILES string of the molecule is C=CCN(CC=C)C(=O)C1C2CCC(C2)C1N. The van der Waals surface area contributed by atoms with Crippen molar-refractivity contribution in [2.24, 2.45) is 23.5 Å². The second-order valence-corrected chi connectivity index (χ2v) is 5.26. The quantitative estimate of drug-likeness (QED) is 0.734. The zero-order valence-electron chi connectivity index (χ0n) is 10.3. The molecule has 2 rings (SSSR count). The Hall–Kier alpha value is -1.09. The summed E-state index contributed by atoms with van der Waals surface area (Å²) < 4.78 is 0. The van der Waals surface area contributed by atoms with Crippen LogP contribution in [0.4, 0.5) is 0 Å². The van der Waals surface area contributed by atoms with Gasteiger partial charge >= 0.3 is 0 Å². The van der Waals surface area contributed by atoms with E-state index in [4.69, 9.17) is 5.73 Å². The van der Waals surface area contributed by atoms with Crippen LogP contribution in [0.1, 0.15) is 19.3 Å². The molecule has 0 aromatic carbocycles. The molecule has 4 unspecified atom stereocenters. The average molecular weight is 234 g/mol. The lowest BCUT2D eigenvalue weighted by molar-refractivity contribution is -0.136. The Kier molecular flexibility index (Phi) is 3.67. The molecule has 0 saturated heterocycles. The van der Waals surface area contributed by atoms with E-state index in [1.165, 1.54) is 12.8 Å². The second-order valence-electron chi connectivity index (χ2n) is 5.26. The predicted molar refractivity (Wildman–Crippen MR) is 69.3 cm³/mol. The fourth-order valence-corrected chi connectivity index (χ4v) is 3.48. The van der Waals surface area contributed by atoms with Gasteiger partial charge in [0.2, 0.25) is 5.91 Å². The predicted octanol–water partition coefficient (Wildman–Crippen LogP) is 1.56. The van der Waals surface area contributed by atoms with E-state index in [1.807, 2.05) is 4.90 Å². The van der Waals surface area contributed by atoms with Crippen LogP contribution in [-0.2, 0) is 4.79 Å². The van der Waals surface area contributed by atoms with E-state index < -0.39 is 0 Å². The first-order valence-corrected chi connectivity index (χ1v) is 6.45. The molecule has 4 atom stereocenters. The third-order valence-electron chi connectivity index (χ3n) is 4.28. The maximum atomic E-state index is 12.5. The number of carbonyl (C=O) groups is 1. The van der Waals surface area contributed by atoms with Crippen molar-refractivity contribution >= 4 is 5.91 Å². The molecule has 0 radical (unpaired) electrons. The topological polar surface area (TPSA) is 46.3 Å². The zero-order valence-corrected chi connectivity index (χ0v) is 10.3. The first-order valence-electron chi connectivity index (χ1n) is 6.45. The molecule has 2 N–H and O–H groups in total. The Labute approximate surface area is 103 Å². The highest BCUT2D eigenvalue weighted by Gasteiger charge is 2.49. The first-order chi connectivity index (χ1) is 8.19. The molecular formula is C14H22N2O. The van der Waals surface area contributed by atoms with Crippen molar-refractivity contribution in [3.8, 4) is 0 Å². The third-order valence-corrected chi connectivity index (χ3v) is 4.28. The summed E-state index contributed by atoms with van der Waals surface area (Å²) in [6, 6.07) is 0.0679. The van der Waals surface area contributed by atoms with Gasteiger partial charge in [-0.3, -0.25) is 4.79 Å². The highest BCUT2D eigenvalue weighted by atomic mass is 16.2. The van der Waals surface area contributed by atoms with Crippen molar-refractivity contribution in [3.63, 3.8) is 0 Å². The lowest BCUT2D eigenvalue weighted by Crippen LogP contribution is -2.47. The molecule has 0 heterocycles. The molecule has 0 aliphatic heterocycles. The maximum absolute atomic E-state index is 12.5. The summed E-state index contributed by atoms with van der Waals surface area (Å²) in [6.45, 7) is 8.58. The molecule has 2 fully saturated rings. The number of amides is 1. The Morgan fingerprint density at radius 3 is 2.29 bits per heavy atom. The highest BCUT2D eigenvalue weighted by molar-refractivity contribution is 5.81. The summed E-state index contributed by atoms with van der Waals surface area (Å²) >= 11 is 0. The molecule has 3 nitrogen and oxygen atoms in total. The molecule has 94 valence electrons. The lowest BCUT2D eigenvalue weighted by Gasteiger charge is -2.31. The molecule has 17 heavy (non-hydrogen) atoms. The van der Waals surface area contributed by atoms with Crippen LogP contribution >= 0.6 is 0 Å². The second kappa shape index (κ2) is 5.05. The number of nitrogens with zero attached hydrogens (tertiary/aromatic N) is 1. The molecule has 0 spiro atoms. The minimum atomic E-state index is 0.0358. The molecule has 2 aliphatic rings. The summed E-state index contributed by atoms with van der Waals surface area (Å²) in [5, 5.41) is 0. The molecular weight excluding hydrogens is 212 g/mol. The lowest BCUT2D eigenvalue weighted by atomic mass is 9.84. The molecule has 0 aromatic rings. The van der Waals surface area contributed by atoms with Crippen molar-refractivity contribution in [2.75, 3.05) is 13.1 Å². The van der Waals surface area contributed by atoms with Gasteiger partial charge in [0.15, 0.2) is 0 Å². The van der Waals surface area contributed by atoms with Crippen molar-refractivity contribution in [1.29, 1.82) is 0 Å². The van der Waals surface area contributed by atoms with Gasteiger partial charge in [-0.1, -0.05) is 12.2 Å². The minimum absolute atomic E-state index is 0.0358. The van der Waals surface area contributed by atoms with E-state index in [0.29, 0.717) is 24.9 Å². The summed E-state index contributed by atoms with van der Waals surface area (Å²) in [4.78, 5) is 14.3. The van der Waals surface area contributed by atoms with Gasteiger partial charge in [-0.05, 0) is 31.1 Å². The van der Waals surface area contributed by atoms with E-state index in [2.05, 4.69) is 13.2 Å². The summed E-state index contributed by atoms with van der Waals surface area (Å²) in [7, 11) is 0. The van der Waals surface area contributed by atoms with Gasteiger partial charge in [0.05, 0.1) is 5.92 Å². The number of nitrogens with two attached hydrogens (primary N) is 1. The smallest absolute Gasteiger partial charge is 0.228 e. The minimum Gasteiger partial charge on any atom is -0.335 e.